The van der Waals surface area contributed by atoms with E-state index in [1.165, 1.54) is 0 Å². The lowest BCUT2D eigenvalue weighted by atomic mass is 9.97. The summed E-state index contributed by atoms with van der Waals surface area (Å²) >= 11 is 0. The number of benzene rings is 2. The summed E-state index contributed by atoms with van der Waals surface area (Å²) < 4.78 is 32.4. The van der Waals surface area contributed by atoms with Crippen molar-refractivity contribution in [1.82, 2.24) is 0 Å². The molecule has 0 radical (unpaired) electrons. The molecule has 2 aromatic carbocycles. The lowest BCUT2D eigenvalue weighted by Gasteiger charge is -2.08. The van der Waals surface area contributed by atoms with Crippen LogP contribution in [0.1, 0.15) is 27.0 Å². The second kappa shape index (κ2) is 6.14. The van der Waals surface area contributed by atoms with E-state index in [-0.39, 0.29) is 12.4 Å². The molecule has 0 fully saturated rings. The van der Waals surface area contributed by atoms with Crippen molar-refractivity contribution in [3.8, 4) is 5.75 Å². The minimum absolute atomic E-state index is 0.0449. The maximum Gasteiger partial charge on any atom is 0.264 e. The first-order chi connectivity index (χ1) is 10.9. The summed E-state index contributed by atoms with van der Waals surface area (Å²) in [5, 5.41) is 0. The highest BCUT2D eigenvalue weighted by Crippen LogP contribution is 2.29. The van der Waals surface area contributed by atoms with E-state index in [1.54, 1.807) is 18.2 Å². The molecule has 6 heteroatoms. The third-order valence-corrected chi connectivity index (χ3v) is 4.22. The van der Waals surface area contributed by atoms with Crippen LogP contribution in [0.3, 0.4) is 0 Å². The molecule has 0 saturated carbocycles. The molecule has 0 spiro atoms. The Hall–Kier alpha value is -2.18. The molecule has 0 atom stereocenters. The van der Waals surface area contributed by atoms with Gasteiger partial charge in [0.15, 0.2) is 5.78 Å². The Kier molecular flexibility index (Phi) is 4.19. The lowest BCUT2D eigenvalue weighted by Crippen LogP contribution is -2.07. The van der Waals surface area contributed by atoms with Gasteiger partial charge in [-0.2, -0.15) is 8.42 Å². The van der Waals surface area contributed by atoms with E-state index in [4.69, 9.17) is 8.92 Å². The van der Waals surface area contributed by atoms with Gasteiger partial charge in [-0.15, -0.1) is 0 Å². The lowest BCUT2D eigenvalue weighted by molar-refractivity contribution is 0.103. The zero-order valence-electron chi connectivity index (χ0n) is 12.6. The maximum atomic E-state index is 12.7. The minimum atomic E-state index is -3.46. The molecule has 1 heterocycles. The number of fused-ring (bicyclic) bond motifs is 2. The largest absolute Gasteiger partial charge is 0.488 e. The molecule has 0 aromatic heterocycles. The quantitative estimate of drug-likeness (QED) is 0.804. The first-order valence-corrected chi connectivity index (χ1v) is 8.98. The molecule has 0 saturated heterocycles. The van der Waals surface area contributed by atoms with Crippen molar-refractivity contribution >= 4 is 15.9 Å². The predicted octanol–water partition coefficient (Wildman–Crippen LogP) is 2.33. The van der Waals surface area contributed by atoms with Gasteiger partial charge in [0.05, 0.1) is 18.4 Å². The zero-order chi connectivity index (χ0) is 16.4. The fourth-order valence-electron chi connectivity index (χ4n) is 2.52. The van der Waals surface area contributed by atoms with Crippen LogP contribution in [0.5, 0.6) is 5.75 Å². The molecule has 23 heavy (non-hydrogen) atoms. The van der Waals surface area contributed by atoms with Crippen LogP contribution in [0, 0.1) is 0 Å². The normalized spacial score (nSPS) is 13.7. The van der Waals surface area contributed by atoms with Gasteiger partial charge >= 0.3 is 0 Å². The summed E-state index contributed by atoms with van der Waals surface area (Å²) in [5.41, 5.74) is 2.81. The number of ether oxygens (including phenoxy) is 1. The van der Waals surface area contributed by atoms with E-state index >= 15 is 0 Å². The summed E-state index contributed by atoms with van der Waals surface area (Å²) in [5.74, 6) is 0.456. The highest BCUT2D eigenvalue weighted by atomic mass is 32.2. The van der Waals surface area contributed by atoms with Gasteiger partial charge in [0.2, 0.25) is 0 Å². The van der Waals surface area contributed by atoms with Crippen molar-refractivity contribution in [1.29, 1.82) is 0 Å². The first kappa shape index (κ1) is 15.7. The average Bonchev–Trinajstić information content (AvgIpc) is 2.64. The van der Waals surface area contributed by atoms with Crippen molar-refractivity contribution in [3.63, 3.8) is 0 Å². The van der Waals surface area contributed by atoms with Crippen LogP contribution in [-0.4, -0.2) is 27.1 Å². The van der Waals surface area contributed by atoms with Crippen LogP contribution in [0.4, 0.5) is 0 Å². The summed E-state index contributed by atoms with van der Waals surface area (Å²) in [4.78, 5) is 12.7. The van der Waals surface area contributed by atoms with Crippen LogP contribution < -0.4 is 4.74 Å². The minimum Gasteiger partial charge on any atom is -0.488 e. The van der Waals surface area contributed by atoms with E-state index in [9.17, 15) is 13.2 Å². The van der Waals surface area contributed by atoms with Crippen molar-refractivity contribution in [2.45, 2.75) is 13.0 Å². The third kappa shape index (κ3) is 3.60. The highest BCUT2D eigenvalue weighted by Gasteiger charge is 2.22. The molecule has 3 rings (SSSR count). The molecular formula is C17H16O5S. The Balaban J connectivity index is 1.87. The van der Waals surface area contributed by atoms with E-state index < -0.39 is 10.1 Å². The molecule has 2 aromatic rings. The standard InChI is InChI=1S/C17H16O5S/c1-23(19,20)22-9-8-12-6-7-16-15(10-12)17(18)14-5-3-2-4-13(14)11-21-16/h2-7,10H,8-9,11H2,1H3. The maximum absolute atomic E-state index is 12.7. The molecule has 0 amide bonds. The van der Waals surface area contributed by atoms with Crippen LogP contribution in [0.2, 0.25) is 0 Å². The fourth-order valence-corrected chi connectivity index (χ4v) is 2.90. The number of rotatable bonds is 4. The van der Waals surface area contributed by atoms with Gasteiger partial charge in [-0.3, -0.25) is 8.98 Å². The molecule has 0 N–H and O–H groups in total. The molecule has 0 unspecified atom stereocenters. The highest BCUT2D eigenvalue weighted by molar-refractivity contribution is 7.85. The summed E-state index contributed by atoms with van der Waals surface area (Å²) in [6.07, 6.45) is 1.41. The first-order valence-electron chi connectivity index (χ1n) is 7.17. The molecule has 1 aliphatic rings. The Morgan fingerprint density at radius 3 is 2.70 bits per heavy atom. The second-order valence-corrected chi connectivity index (χ2v) is 7.03. The molecular weight excluding hydrogens is 316 g/mol. The Morgan fingerprint density at radius 1 is 1.13 bits per heavy atom. The van der Waals surface area contributed by atoms with Gasteiger partial charge in [0.25, 0.3) is 10.1 Å². The number of carbonyl (C=O) groups is 1. The zero-order valence-corrected chi connectivity index (χ0v) is 13.4. The van der Waals surface area contributed by atoms with Crippen molar-refractivity contribution in [2.75, 3.05) is 12.9 Å². The molecule has 1 aliphatic heterocycles. The number of hydrogen-bond acceptors (Lipinski definition) is 5. The van der Waals surface area contributed by atoms with Gasteiger partial charge in [0, 0.05) is 11.1 Å². The van der Waals surface area contributed by atoms with Gasteiger partial charge in [-0.25, -0.2) is 0 Å². The fraction of sp³-hybridized carbons (Fsp3) is 0.235. The van der Waals surface area contributed by atoms with E-state index in [2.05, 4.69) is 0 Å². The van der Waals surface area contributed by atoms with Crippen LogP contribution in [0.25, 0.3) is 0 Å². The number of hydrogen-bond donors (Lipinski definition) is 0. The van der Waals surface area contributed by atoms with E-state index in [1.807, 2.05) is 24.3 Å². The van der Waals surface area contributed by atoms with Crippen molar-refractivity contribution < 1.29 is 22.1 Å². The van der Waals surface area contributed by atoms with E-state index in [0.29, 0.717) is 29.9 Å². The van der Waals surface area contributed by atoms with Gasteiger partial charge in [-0.05, 0) is 24.1 Å². The number of ketones is 1. The molecule has 120 valence electrons. The average molecular weight is 332 g/mol. The monoisotopic (exact) mass is 332 g/mol. The molecule has 0 bridgehead atoms. The third-order valence-electron chi connectivity index (χ3n) is 3.62. The van der Waals surface area contributed by atoms with Gasteiger partial charge < -0.3 is 4.74 Å². The van der Waals surface area contributed by atoms with Gasteiger partial charge in [-0.1, -0.05) is 30.3 Å². The topological polar surface area (TPSA) is 69.7 Å². The van der Waals surface area contributed by atoms with Gasteiger partial charge in [0.1, 0.15) is 12.4 Å². The predicted molar refractivity (Wildman–Crippen MR) is 85.1 cm³/mol. The Morgan fingerprint density at radius 2 is 1.91 bits per heavy atom. The molecule has 0 aliphatic carbocycles. The van der Waals surface area contributed by atoms with E-state index in [0.717, 1.165) is 17.4 Å². The smallest absolute Gasteiger partial charge is 0.264 e. The Bertz CT molecular complexity index is 855. The summed E-state index contributed by atoms with van der Waals surface area (Å²) in [6, 6.07) is 12.7. The second-order valence-electron chi connectivity index (χ2n) is 5.38. The van der Waals surface area contributed by atoms with Crippen LogP contribution in [0.15, 0.2) is 42.5 Å². The van der Waals surface area contributed by atoms with Crippen molar-refractivity contribution in [3.05, 3.63) is 64.7 Å². The Labute approximate surface area is 135 Å². The summed E-state index contributed by atoms with van der Waals surface area (Å²) in [7, 11) is -3.46. The molecule has 5 nitrogen and oxygen atoms in total. The SMILES string of the molecule is CS(=O)(=O)OCCc1ccc2c(c1)C(=O)c1ccccc1CO2. The van der Waals surface area contributed by atoms with Crippen LogP contribution in [-0.2, 0) is 27.3 Å². The summed E-state index contributed by atoms with van der Waals surface area (Å²) in [6.45, 7) is 0.398. The van der Waals surface area contributed by atoms with Crippen molar-refractivity contribution in [2.24, 2.45) is 0 Å². The number of carbonyl (C=O) groups excluding carboxylic acids is 1. The van der Waals surface area contributed by atoms with Crippen LogP contribution >= 0.6 is 0 Å².